The predicted octanol–water partition coefficient (Wildman–Crippen LogP) is 7.61. The van der Waals surface area contributed by atoms with Crippen molar-refractivity contribution in [1.82, 2.24) is 48.4 Å². The van der Waals surface area contributed by atoms with Crippen molar-refractivity contribution in [3.8, 4) is 17.5 Å². The van der Waals surface area contributed by atoms with Crippen LogP contribution in [0.3, 0.4) is 0 Å². The number of fused-ring (bicyclic) bond motifs is 4. The lowest BCUT2D eigenvalue weighted by molar-refractivity contribution is -0.274. The van der Waals surface area contributed by atoms with E-state index in [0.717, 1.165) is 48.5 Å². The number of hydrogen-bond acceptors (Lipinski definition) is 11. The fourth-order valence-corrected chi connectivity index (χ4v) is 9.00. The Kier molecular flexibility index (Phi) is 11.1. The summed E-state index contributed by atoms with van der Waals surface area (Å²) in [5, 5.41) is 13.1. The maximum absolute atomic E-state index is 15.2. The number of halogens is 4. The van der Waals surface area contributed by atoms with Crippen molar-refractivity contribution >= 4 is 39.9 Å². The molecule has 1 N–H and O–H groups in total. The lowest BCUT2D eigenvalue weighted by Crippen LogP contribution is -2.41. The number of nitrogens with one attached hydrogen (secondary N) is 1. The van der Waals surface area contributed by atoms with E-state index in [2.05, 4.69) is 55.7 Å². The molecule has 0 aliphatic carbocycles. The van der Waals surface area contributed by atoms with Gasteiger partial charge in [-0.05, 0) is 85.7 Å². The number of pyridine rings is 3. The lowest BCUT2D eigenvalue weighted by Gasteiger charge is -2.36. The maximum Gasteiger partial charge on any atom is 0.573 e. The number of imidazole rings is 1. The van der Waals surface area contributed by atoms with Crippen LogP contribution < -0.4 is 15.7 Å². The third-order valence-electron chi connectivity index (χ3n) is 11.8. The molecule has 0 unspecified atom stereocenters. The van der Waals surface area contributed by atoms with Gasteiger partial charge >= 0.3 is 12.1 Å². The number of aromatic nitrogens is 8. The summed E-state index contributed by atoms with van der Waals surface area (Å²) in [5.74, 6) is -1.06. The number of benzene rings is 1. The number of anilines is 2. The molecule has 1 amide bonds. The molecule has 0 spiro atoms. The summed E-state index contributed by atoms with van der Waals surface area (Å²) in [5.41, 5.74) is 4.66. The molecule has 0 saturated carbocycles. The minimum absolute atomic E-state index is 0.0867. The topological polar surface area (TPSA) is 165 Å². The van der Waals surface area contributed by atoms with E-state index in [1.54, 1.807) is 46.9 Å². The van der Waals surface area contributed by atoms with Crippen molar-refractivity contribution < 1.29 is 27.1 Å². The number of amides is 1. The first-order valence-electron chi connectivity index (χ1n) is 21.2. The molecule has 6 aromatic heterocycles. The first-order chi connectivity index (χ1) is 31.0. The van der Waals surface area contributed by atoms with Crippen LogP contribution >= 0.6 is 0 Å². The Bertz CT molecular complexity index is 3050. The Hall–Kier alpha value is -7.20. The zero-order valence-corrected chi connectivity index (χ0v) is 36.0. The van der Waals surface area contributed by atoms with Gasteiger partial charge in [0.15, 0.2) is 5.65 Å². The number of carbonyl (C=O) groups is 1. The molecule has 0 radical (unpaired) electrons. The predicted molar refractivity (Wildman–Crippen MR) is 232 cm³/mol. The molecule has 1 saturated heterocycles. The van der Waals surface area contributed by atoms with Gasteiger partial charge in [-0.15, -0.1) is 13.2 Å². The summed E-state index contributed by atoms with van der Waals surface area (Å²) in [6.45, 7) is 11.5. The number of ether oxygens (including phenoxy) is 1. The monoisotopic (exact) mass is 888 g/mol. The number of nitriles is 1. The first-order valence-corrected chi connectivity index (χ1v) is 21.2. The highest BCUT2D eigenvalue weighted by Gasteiger charge is 2.33. The van der Waals surface area contributed by atoms with Crippen LogP contribution in [0.25, 0.3) is 27.9 Å². The summed E-state index contributed by atoms with van der Waals surface area (Å²) < 4.78 is 62.5. The van der Waals surface area contributed by atoms with E-state index in [1.165, 1.54) is 22.9 Å². The van der Waals surface area contributed by atoms with Crippen LogP contribution in [0, 0.1) is 29.5 Å². The molecule has 8 heterocycles. The van der Waals surface area contributed by atoms with Gasteiger partial charge in [0.05, 0.1) is 48.5 Å². The van der Waals surface area contributed by atoms with Crippen molar-refractivity contribution in [2.75, 3.05) is 31.5 Å². The molecule has 65 heavy (non-hydrogen) atoms. The molecule has 9 rings (SSSR count). The highest BCUT2D eigenvalue weighted by atomic mass is 19.4. The number of nitrogens with zero attached hydrogens (tertiary/aromatic N) is 11. The van der Waals surface area contributed by atoms with Crippen LogP contribution in [0.5, 0.6) is 5.75 Å². The van der Waals surface area contributed by atoms with Gasteiger partial charge in [0, 0.05) is 55.1 Å². The Morgan fingerprint density at radius 2 is 1.77 bits per heavy atom. The SMILES string of the molecule is Cc1nc(Nc2ccc(OC(F)(F)F)cn2)nc2c1n(-c1ccc(C(=O)N3CCc4c(n(Cc5ccc(C#N)cc5F)c5ncccc45)C3)nc1)c(=O)n2C1CCN(CC(C)(C)C)CC1. The van der Waals surface area contributed by atoms with Crippen molar-refractivity contribution in [1.29, 1.82) is 5.26 Å². The largest absolute Gasteiger partial charge is 0.573 e. The number of carbonyl (C=O) groups excluding carboxylic acids is 1. The average Bonchev–Trinajstić information content (AvgIpc) is 3.74. The van der Waals surface area contributed by atoms with E-state index in [-0.39, 0.29) is 59.2 Å². The number of piperidine rings is 1. The Morgan fingerprint density at radius 3 is 2.45 bits per heavy atom. The summed E-state index contributed by atoms with van der Waals surface area (Å²) in [6.07, 6.45) is 1.13. The van der Waals surface area contributed by atoms with Crippen LogP contribution in [0.15, 0.2) is 78.0 Å². The Morgan fingerprint density at radius 1 is 0.969 bits per heavy atom. The van der Waals surface area contributed by atoms with Gasteiger partial charge in [-0.3, -0.25) is 13.9 Å². The third kappa shape index (κ3) is 8.73. The molecule has 334 valence electrons. The Balaban J connectivity index is 1.02. The van der Waals surface area contributed by atoms with E-state index in [4.69, 9.17) is 4.98 Å². The van der Waals surface area contributed by atoms with Gasteiger partial charge in [0.25, 0.3) is 5.91 Å². The quantitative estimate of drug-likeness (QED) is 0.142. The average molecular weight is 889 g/mol. The first kappa shape index (κ1) is 43.1. The fourth-order valence-electron chi connectivity index (χ4n) is 9.00. The second-order valence-corrected chi connectivity index (χ2v) is 17.6. The molecule has 0 atom stereocenters. The second-order valence-electron chi connectivity index (χ2n) is 17.6. The molecule has 7 aromatic rings. The van der Waals surface area contributed by atoms with Gasteiger partial charge < -0.3 is 24.4 Å². The maximum atomic E-state index is 15.2. The molecule has 1 fully saturated rings. The molecular weight excluding hydrogens is 845 g/mol. The van der Waals surface area contributed by atoms with Crippen molar-refractivity contribution in [2.24, 2.45) is 5.41 Å². The van der Waals surface area contributed by atoms with Crippen LogP contribution in [0.2, 0.25) is 0 Å². The van der Waals surface area contributed by atoms with Gasteiger partial charge in [0.2, 0.25) is 5.95 Å². The molecule has 0 bridgehead atoms. The summed E-state index contributed by atoms with van der Waals surface area (Å²) in [4.78, 5) is 55.6. The number of hydrogen-bond donors (Lipinski definition) is 1. The summed E-state index contributed by atoms with van der Waals surface area (Å²) in [6, 6.07) is 15.6. The number of likely N-dealkylation sites (tertiary alicyclic amines) is 1. The van der Waals surface area contributed by atoms with Crippen molar-refractivity contribution in [2.45, 2.75) is 72.5 Å². The van der Waals surface area contributed by atoms with Crippen molar-refractivity contribution in [3.05, 3.63) is 123 Å². The van der Waals surface area contributed by atoms with E-state index in [1.807, 2.05) is 22.8 Å². The zero-order valence-electron chi connectivity index (χ0n) is 36.0. The van der Waals surface area contributed by atoms with E-state index in [0.29, 0.717) is 59.6 Å². The number of aryl methyl sites for hydroxylation is 1. The van der Waals surface area contributed by atoms with Gasteiger partial charge in [-0.25, -0.2) is 29.1 Å². The fraction of sp³-hybridized carbons (Fsp3) is 0.348. The van der Waals surface area contributed by atoms with Gasteiger partial charge in [-0.1, -0.05) is 26.8 Å². The van der Waals surface area contributed by atoms with Crippen LogP contribution in [0.1, 0.15) is 78.2 Å². The van der Waals surface area contributed by atoms with E-state index < -0.39 is 17.9 Å². The molecule has 1 aromatic carbocycles. The molecule has 2 aliphatic heterocycles. The lowest BCUT2D eigenvalue weighted by atomic mass is 9.94. The molecular formula is C46H44F4N12O3. The van der Waals surface area contributed by atoms with Crippen LogP contribution in [-0.4, -0.2) is 86.9 Å². The summed E-state index contributed by atoms with van der Waals surface area (Å²) in [7, 11) is 0. The zero-order chi connectivity index (χ0) is 45.8. The molecule has 15 nitrogen and oxygen atoms in total. The van der Waals surface area contributed by atoms with Gasteiger partial charge in [0.1, 0.15) is 34.2 Å². The van der Waals surface area contributed by atoms with Crippen LogP contribution in [0.4, 0.5) is 29.3 Å². The summed E-state index contributed by atoms with van der Waals surface area (Å²) >= 11 is 0. The smallest absolute Gasteiger partial charge is 0.404 e. The van der Waals surface area contributed by atoms with Crippen molar-refractivity contribution in [3.63, 3.8) is 0 Å². The second kappa shape index (κ2) is 16.7. The number of alkyl halides is 3. The normalized spacial score (nSPS) is 15.0. The number of rotatable bonds is 9. The van der Waals surface area contributed by atoms with Crippen LogP contribution in [-0.2, 0) is 19.5 Å². The highest BCUT2D eigenvalue weighted by Crippen LogP contribution is 2.33. The minimum Gasteiger partial charge on any atom is -0.404 e. The Labute approximate surface area is 370 Å². The highest BCUT2D eigenvalue weighted by molar-refractivity contribution is 5.93. The molecule has 2 aliphatic rings. The van der Waals surface area contributed by atoms with E-state index in [9.17, 15) is 28.0 Å². The van der Waals surface area contributed by atoms with Gasteiger partial charge in [-0.2, -0.15) is 10.2 Å². The minimum atomic E-state index is -4.87. The molecule has 19 heteroatoms. The standard InChI is InChI=1S/C46H44F4N12O3/c1-27-39-41(57-43(55-27)56-38-12-10-32(23-54-38)65-46(48,49)50)62(30-13-17-58(18-14-30)26-45(2,3)4)44(64)61(39)31-9-11-36(53-22-31)42(63)59-19-15-33-34-6-5-16-52-40(34)60(37(33)25-59)24-29-8-7-28(21-51)20-35(29)47/h5-12,16,20,22-23,30H,13-15,17-19,24-26H2,1-4H3,(H,54,55,56,57). The third-order valence-corrected chi connectivity index (χ3v) is 11.8. The van der Waals surface area contributed by atoms with E-state index >= 15 is 4.39 Å².